The van der Waals surface area contributed by atoms with Crippen LogP contribution >= 0.6 is 0 Å². The Morgan fingerprint density at radius 3 is 2.81 bits per heavy atom. The van der Waals surface area contributed by atoms with Crippen molar-refractivity contribution in [3.8, 4) is 0 Å². The number of likely N-dealkylation sites (tertiary alicyclic amines) is 1. The van der Waals surface area contributed by atoms with Gasteiger partial charge in [0.05, 0.1) is 17.2 Å². The van der Waals surface area contributed by atoms with Crippen LogP contribution in [0, 0.1) is 12.8 Å². The zero-order valence-corrected chi connectivity index (χ0v) is 15.7. The summed E-state index contributed by atoms with van der Waals surface area (Å²) in [4.78, 5) is 31.4. The second-order valence-electron chi connectivity index (χ2n) is 7.10. The second kappa shape index (κ2) is 8.45. The number of nitrogens with zero attached hydrogens (tertiary/aromatic N) is 3. The number of piperidine rings is 1. The third kappa shape index (κ3) is 4.12. The average Bonchev–Trinajstić information content (AvgIpc) is 2.66. The van der Waals surface area contributed by atoms with E-state index in [9.17, 15) is 9.59 Å². The molecule has 140 valence electrons. The number of benzene rings is 1. The number of aromatic nitrogens is 2. The molecule has 0 unspecified atom stereocenters. The van der Waals surface area contributed by atoms with Crippen molar-refractivity contribution in [2.24, 2.45) is 5.92 Å². The molecule has 1 amide bonds. The Bertz CT molecular complexity index is 822. The highest BCUT2D eigenvalue weighted by molar-refractivity contribution is 5.80. The molecule has 1 aromatic carbocycles. The molecule has 0 atom stereocenters. The Labute approximate surface area is 154 Å². The Kier molecular flexibility index (Phi) is 6.04. The minimum Gasteiger partial charge on any atom is -0.343 e. The summed E-state index contributed by atoms with van der Waals surface area (Å²) in [5.74, 6) is 0.790. The predicted molar refractivity (Wildman–Crippen MR) is 103 cm³/mol. The Balaban J connectivity index is 1.58. The number of para-hydroxylation sites is 1. The molecule has 0 spiro atoms. The summed E-state index contributed by atoms with van der Waals surface area (Å²) in [6.07, 6.45) is 4.01. The Morgan fingerprint density at radius 2 is 2.08 bits per heavy atom. The number of aryl methyl sites for hydroxylation is 2. The lowest BCUT2D eigenvalue weighted by molar-refractivity contribution is -0.132. The van der Waals surface area contributed by atoms with Crippen LogP contribution in [0.1, 0.15) is 31.7 Å². The maximum Gasteiger partial charge on any atom is 0.261 e. The molecule has 0 aliphatic carbocycles. The van der Waals surface area contributed by atoms with Crippen molar-refractivity contribution in [2.75, 3.05) is 26.2 Å². The molecule has 0 saturated carbocycles. The lowest BCUT2D eigenvalue weighted by Crippen LogP contribution is -2.41. The third-order valence-electron chi connectivity index (χ3n) is 5.27. The average molecular weight is 356 g/mol. The van der Waals surface area contributed by atoms with Crippen molar-refractivity contribution in [2.45, 2.75) is 39.7 Å². The lowest BCUT2D eigenvalue weighted by atomic mass is 9.96. The highest BCUT2D eigenvalue weighted by Crippen LogP contribution is 2.17. The van der Waals surface area contributed by atoms with Crippen LogP contribution in [-0.2, 0) is 11.3 Å². The van der Waals surface area contributed by atoms with Crippen molar-refractivity contribution < 1.29 is 4.79 Å². The molecular formula is C20H28N4O2. The number of fused-ring (bicyclic) bond motifs is 1. The van der Waals surface area contributed by atoms with E-state index in [1.54, 1.807) is 17.0 Å². The number of hydrogen-bond donors (Lipinski definition) is 1. The number of hydrogen-bond acceptors (Lipinski definition) is 4. The van der Waals surface area contributed by atoms with Gasteiger partial charge in [0.25, 0.3) is 5.56 Å². The van der Waals surface area contributed by atoms with Crippen molar-refractivity contribution in [1.82, 2.24) is 19.8 Å². The first kappa shape index (κ1) is 18.6. The van der Waals surface area contributed by atoms with Gasteiger partial charge >= 0.3 is 0 Å². The van der Waals surface area contributed by atoms with Crippen LogP contribution < -0.4 is 10.9 Å². The van der Waals surface area contributed by atoms with Crippen LogP contribution in [0.3, 0.4) is 0 Å². The van der Waals surface area contributed by atoms with Crippen LogP contribution in [0.25, 0.3) is 10.9 Å². The van der Waals surface area contributed by atoms with Gasteiger partial charge in [-0.25, -0.2) is 4.98 Å². The summed E-state index contributed by atoms with van der Waals surface area (Å²) < 4.78 is 1.55. The number of rotatable bonds is 6. The van der Waals surface area contributed by atoms with E-state index in [-0.39, 0.29) is 11.5 Å². The molecule has 1 saturated heterocycles. The van der Waals surface area contributed by atoms with E-state index in [0.717, 1.165) is 50.1 Å². The molecule has 26 heavy (non-hydrogen) atoms. The van der Waals surface area contributed by atoms with Gasteiger partial charge in [0.1, 0.15) is 0 Å². The molecule has 0 radical (unpaired) electrons. The first-order valence-electron chi connectivity index (χ1n) is 9.53. The second-order valence-corrected chi connectivity index (χ2v) is 7.10. The molecule has 1 N–H and O–H groups in total. The van der Waals surface area contributed by atoms with Crippen molar-refractivity contribution >= 4 is 16.8 Å². The molecule has 1 aromatic heterocycles. The minimum absolute atomic E-state index is 0.0733. The SMILES string of the molecule is CCNCC1CCN(C(=O)CCn2cnc3c(C)cccc3c2=O)CC1. The van der Waals surface area contributed by atoms with Crippen molar-refractivity contribution in [3.63, 3.8) is 0 Å². The standard InChI is InChI=1S/C20H28N4O2/c1-3-21-13-16-7-10-23(11-8-16)18(25)9-12-24-14-22-19-15(2)5-4-6-17(19)20(24)26/h4-6,14,16,21H,3,7-13H2,1-2H3. The fraction of sp³-hybridized carbons (Fsp3) is 0.550. The van der Waals surface area contributed by atoms with Gasteiger partial charge in [-0.1, -0.05) is 19.1 Å². The molecule has 0 bridgehead atoms. The van der Waals surface area contributed by atoms with Gasteiger partial charge in [0.15, 0.2) is 0 Å². The van der Waals surface area contributed by atoms with E-state index in [1.165, 1.54) is 0 Å². The lowest BCUT2D eigenvalue weighted by Gasteiger charge is -2.32. The topological polar surface area (TPSA) is 67.2 Å². The molecule has 2 aromatic rings. The van der Waals surface area contributed by atoms with Crippen molar-refractivity contribution in [3.05, 3.63) is 40.4 Å². The first-order valence-corrected chi connectivity index (χ1v) is 9.53. The molecule has 6 heteroatoms. The fourth-order valence-corrected chi connectivity index (χ4v) is 3.61. The highest BCUT2D eigenvalue weighted by atomic mass is 16.2. The maximum atomic E-state index is 12.6. The summed E-state index contributed by atoms with van der Waals surface area (Å²) in [6.45, 7) is 8.11. The third-order valence-corrected chi connectivity index (χ3v) is 5.27. The largest absolute Gasteiger partial charge is 0.343 e. The summed E-state index contributed by atoms with van der Waals surface area (Å²) in [6, 6.07) is 5.61. The van der Waals surface area contributed by atoms with Crippen LogP contribution in [0.15, 0.2) is 29.3 Å². The van der Waals surface area contributed by atoms with Crippen LogP contribution in [0.5, 0.6) is 0 Å². The molecule has 1 aliphatic heterocycles. The van der Waals surface area contributed by atoms with Crippen LogP contribution in [-0.4, -0.2) is 46.5 Å². The summed E-state index contributed by atoms with van der Waals surface area (Å²) in [5, 5.41) is 4.00. The van der Waals surface area contributed by atoms with Gasteiger partial charge in [0.2, 0.25) is 5.91 Å². The van der Waals surface area contributed by atoms with Crippen LogP contribution in [0.4, 0.5) is 0 Å². The van der Waals surface area contributed by atoms with E-state index in [0.29, 0.717) is 24.3 Å². The predicted octanol–water partition coefficient (Wildman–Crippen LogP) is 1.94. The molecular weight excluding hydrogens is 328 g/mol. The van der Waals surface area contributed by atoms with Gasteiger partial charge in [0, 0.05) is 26.1 Å². The van der Waals surface area contributed by atoms with Crippen molar-refractivity contribution in [1.29, 1.82) is 0 Å². The quantitative estimate of drug-likeness (QED) is 0.859. The maximum absolute atomic E-state index is 12.6. The normalized spacial score (nSPS) is 15.5. The number of carbonyl (C=O) groups is 1. The molecule has 1 aliphatic rings. The Hall–Kier alpha value is -2.21. The van der Waals surface area contributed by atoms with E-state index in [2.05, 4.69) is 17.2 Å². The zero-order chi connectivity index (χ0) is 18.5. The number of amides is 1. The Morgan fingerprint density at radius 1 is 1.31 bits per heavy atom. The van der Waals surface area contributed by atoms with E-state index in [1.807, 2.05) is 24.0 Å². The summed E-state index contributed by atoms with van der Waals surface area (Å²) in [7, 11) is 0. The van der Waals surface area contributed by atoms with E-state index >= 15 is 0 Å². The molecule has 3 rings (SSSR count). The summed E-state index contributed by atoms with van der Waals surface area (Å²) >= 11 is 0. The van der Waals surface area contributed by atoms with E-state index < -0.39 is 0 Å². The smallest absolute Gasteiger partial charge is 0.261 e. The zero-order valence-electron chi connectivity index (χ0n) is 15.7. The van der Waals surface area contributed by atoms with Gasteiger partial charge in [-0.05, 0) is 50.4 Å². The molecule has 1 fully saturated rings. The van der Waals surface area contributed by atoms with E-state index in [4.69, 9.17) is 0 Å². The number of carbonyl (C=O) groups excluding carboxylic acids is 1. The summed E-state index contributed by atoms with van der Waals surface area (Å²) in [5.41, 5.74) is 1.65. The van der Waals surface area contributed by atoms with Crippen LogP contribution in [0.2, 0.25) is 0 Å². The van der Waals surface area contributed by atoms with Gasteiger partial charge in [-0.2, -0.15) is 0 Å². The monoisotopic (exact) mass is 356 g/mol. The molecule has 2 heterocycles. The van der Waals surface area contributed by atoms with Gasteiger partial charge < -0.3 is 10.2 Å². The number of nitrogens with one attached hydrogen (secondary N) is 1. The fourth-order valence-electron chi connectivity index (χ4n) is 3.61. The minimum atomic E-state index is -0.0733. The highest BCUT2D eigenvalue weighted by Gasteiger charge is 2.22. The molecule has 6 nitrogen and oxygen atoms in total. The van der Waals surface area contributed by atoms with Gasteiger partial charge in [-0.3, -0.25) is 14.2 Å². The first-order chi connectivity index (χ1) is 12.6. The van der Waals surface area contributed by atoms with Gasteiger partial charge in [-0.15, -0.1) is 0 Å².